The fourth-order valence-electron chi connectivity index (χ4n) is 5.74. The summed E-state index contributed by atoms with van der Waals surface area (Å²) in [6.45, 7) is 7.98. The number of piperidine rings is 1. The molecule has 0 aliphatic carbocycles. The fourth-order valence-corrected chi connectivity index (χ4v) is 5.74. The molecule has 9 heteroatoms. The smallest absolute Gasteiger partial charge is 0.416 e. The number of likely N-dealkylation sites (tertiary alicyclic amines) is 1. The first-order valence-corrected chi connectivity index (χ1v) is 14.6. The van der Waals surface area contributed by atoms with Crippen molar-refractivity contribution in [2.45, 2.75) is 70.8 Å². The van der Waals surface area contributed by atoms with Crippen LogP contribution in [-0.4, -0.2) is 30.6 Å². The molecule has 1 heterocycles. The van der Waals surface area contributed by atoms with Crippen LogP contribution in [-0.2, 0) is 28.4 Å². The van der Waals surface area contributed by atoms with Gasteiger partial charge in [-0.1, -0.05) is 56.3 Å². The minimum atomic E-state index is -4.45. The van der Waals surface area contributed by atoms with E-state index in [1.807, 2.05) is 32.0 Å². The summed E-state index contributed by atoms with van der Waals surface area (Å²) in [5, 5.41) is 0. The lowest BCUT2D eigenvalue weighted by molar-refractivity contribution is -0.145. The molecular weight excluding hydrogens is 568 g/mol. The van der Waals surface area contributed by atoms with Gasteiger partial charge in [-0.05, 0) is 96.6 Å². The van der Waals surface area contributed by atoms with Crippen LogP contribution in [0.5, 0.6) is 0 Å². The summed E-state index contributed by atoms with van der Waals surface area (Å²) >= 11 is 0. The molecule has 0 N–H and O–H groups in total. The quantitative estimate of drug-likeness (QED) is 0.180. The van der Waals surface area contributed by atoms with Crippen LogP contribution >= 0.6 is 0 Å². The molecule has 0 aromatic heterocycles. The molecule has 1 saturated heterocycles. The fraction of sp³-hybridized carbons (Fsp3) is 0.441. The first-order valence-electron chi connectivity index (χ1n) is 14.6. The van der Waals surface area contributed by atoms with Crippen molar-refractivity contribution in [3.63, 3.8) is 0 Å². The van der Waals surface area contributed by atoms with Crippen molar-refractivity contribution in [1.29, 1.82) is 0 Å². The standard InChI is InChI=1S/C34H37F6NO2/c1-4-43-32(42)31(16-22(2)3)28-18-26(24-9-13-30(14-10-24)34(38,39)40)17-27(19-28)25-6-5-15-41(21-25)20-23-7-11-29(12-8-23)33(35,36)37/h7-14,17-19,22,25,31H,4-6,15-16,20-21H2,1-3H3. The molecule has 0 saturated carbocycles. The number of benzene rings is 3. The molecule has 232 valence electrons. The number of esters is 1. The van der Waals surface area contributed by atoms with E-state index in [2.05, 4.69) is 4.90 Å². The Hall–Kier alpha value is -3.33. The van der Waals surface area contributed by atoms with Gasteiger partial charge in [-0.15, -0.1) is 0 Å². The zero-order valence-corrected chi connectivity index (χ0v) is 24.6. The van der Waals surface area contributed by atoms with Crippen molar-refractivity contribution in [2.24, 2.45) is 5.92 Å². The van der Waals surface area contributed by atoms with E-state index in [0.29, 0.717) is 25.1 Å². The average Bonchev–Trinajstić information content (AvgIpc) is 2.95. The maximum absolute atomic E-state index is 13.2. The van der Waals surface area contributed by atoms with Crippen LogP contribution in [0.15, 0.2) is 66.7 Å². The molecule has 2 unspecified atom stereocenters. The molecule has 3 aromatic carbocycles. The molecule has 0 radical (unpaired) electrons. The Balaban J connectivity index is 1.67. The predicted octanol–water partition coefficient (Wildman–Crippen LogP) is 9.46. The second-order valence-electron chi connectivity index (χ2n) is 11.7. The van der Waals surface area contributed by atoms with Gasteiger partial charge in [0.05, 0.1) is 23.7 Å². The summed E-state index contributed by atoms with van der Waals surface area (Å²) in [5.41, 5.74) is 2.44. The summed E-state index contributed by atoms with van der Waals surface area (Å²) in [4.78, 5) is 15.3. The Morgan fingerprint density at radius 2 is 1.49 bits per heavy atom. The SMILES string of the molecule is CCOC(=O)C(CC(C)C)c1cc(-c2ccc(C(F)(F)F)cc2)cc(C2CCCN(Cc3ccc(C(F)(F)F)cc3)C2)c1. The molecule has 0 amide bonds. The minimum absolute atomic E-state index is 0.0678. The molecule has 4 rings (SSSR count). The number of rotatable bonds is 9. The Morgan fingerprint density at radius 3 is 2.05 bits per heavy atom. The molecule has 1 fully saturated rings. The van der Waals surface area contributed by atoms with Crippen LogP contribution in [0, 0.1) is 5.92 Å². The van der Waals surface area contributed by atoms with E-state index in [9.17, 15) is 31.1 Å². The Bertz CT molecular complexity index is 1360. The van der Waals surface area contributed by atoms with Gasteiger partial charge < -0.3 is 4.74 Å². The van der Waals surface area contributed by atoms with Gasteiger partial charge in [-0.3, -0.25) is 9.69 Å². The Morgan fingerprint density at radius 1 is 0.884 bits per heavy atom. The van der Waals surface area contributed by atoms with Gasteiger partial charge in [-0.25, -0.2) is 0 Å². The Kier molecular flexibility index (Phi) is 10.3. The topological polar surface area (TPSA) is 29.5 Å². The number of ether oxygens (including phenoxy) is 1. The zero-order chi connectivity index (χ0) is 31.4. The highest BCUT2D eigenvalue weighted by atomic mass is 19.4. The first kappa shape index (κ1) is 32.6. The van der Waals surface area contributed by atoms with Gasteiger partial charge in [0.25, 0.3) is 0 Å². The summed E-state index contributed by atoms with van der Waals surface area (Å²) in [5.74, 6) is -0.598. The van der Waals surface area contributed by atoms with E-state index in [0.717, 1.165) is 65.9 Å². The van der Waals surface area contributed by atoms with Crippen molar-refractivity contribution in [3.8, 4) is 11.1 Å². The number of halogens is 6. The van der Waals surface area contributed by atoms with Crippen LogP contribution in [0.4, 0.5) is 26.3 Å². The van der Waals surface area contributed by atoms with E-state index in [1.165, 1.54) is 24.3 Å². The van der Waals surface area contributed by atoms with E-state index in [4.69, 9.17) is 4.74 Å². The van der Waals surface area contributed by atoms with Crippen LogP contribution in [0.3, 0.4) is 0 Å². The molecule has 3 aromatic rings. The molecule has 43 heavy (non-hydrogen) atoms. The van der Waals surface area contributed by atoms with E-state index < -0.39 is 29.4 Å². The van der Waals surface area contributed by atoms with Gasteiger partial charge in [0, 0.05) is 13.1 Å². The number of nitrogens with zero attached hydrogens (tertiary/aromatic N) is 1. The third-order valence-electron chi connectivity index (χ3n) is 7.87. The van der Waals surface area contributed by atoms with Gasteiger partial charge >= 0.3 is 18.3 Å². The number of hydrogen-bond donors (Lipinski definition) is 0. The summed E-state index contributed by atoms with van der Waals surface area (Å²) in [6.07, 6.45) is -6.54. The highest BCUT2D eigenvalue weighted by Gasteiger charge is 2.32. The molecule has 0 bridgehead atoms. The van der Waals surface area contributed by atoms with Crippen LogP contribution in [0.25, 0.3) is 11.1 Å². The third kappa shape index (κ3) is 8.62. The predicted molar refractivity (Wildman–Crippen MR) is 154 cm³/mol. The molecule has 2 atom stereocenters. The van der Waals surface area contributed by atoms with Crippen LogP contribution < -0.4 is 0 Å². The number of hydrogen-bond acceptors (Lipinski definition) is 3. The van der Waals surface area contributed by atoms with Crippen molar-refractivity contribution in [3.05, 3.63) is 94.5 Å². The molecule has 1 aliphatic heterocycles. The highest BCUT2D eigenvalue weighted by Crippen LogP contribution is 2.37. The van der Waals surface area contributed by atoms with Crippen molar-refractivity contribution >= 4 is 5.97 Å². The minimum Gasteiger partial charge on any atom is -0.466 e. The monoisotopic (exact) mass is 605 g/mol. The largest absolute Gasteiger partial charge is 0.466 e. The van der Waals surface area contributed by atoms with Crippen LogP contribution in [0.2, 0.25) is 0 Å². The molecular formula is C34H37F6NO2. The second kappa shape index (κ2) is 13.5. The first-order chi connectivity index (χ1) is 20.2. The normalized spacial score (nSPS) is 17.2. The van der Waals surface area contributed by atoms with Gasteiger partial charge in [0.2, 0.25) is 0 Å². The number of carbonyl (C=O) groups excluding carboxylic acids is 1. The lowest BCUT2D eigenvalue weighted by atomic mass is 9.83. The molecule has 0 spiro atoms. The molecule has 3 nitrogen and oxygen atoms in total. The number of alkyl halides is 6. The van der Waals surface area contributed by atoms with Gasteiger partial charge in [0.1, 0.15) is 0 Å². The average molecular weight is 606 g/mol. The maximum Gasteiger partial charge on any atom is 0.416 e. The molecule has 1 aliphatic rings. The van der Waals surface area contributed by atoms with Crippen molar-refractivity contribution < 1.29 is 35.9 Å². The maximum atomic E-state index is 13.2. The zero-order valence-electron chi connectivity index (χ0n) is 24.6. The lowest BCUT2D eigenvalue weighted by Crippen LogP contribution is -2.34. The van der Waals surface area contributed by atoms with E-state index >= 15 is 0 Å². The van der Waals surface area contributed by atoms with Crippen LogP contribution in [0.1, 0.15) is 79.7 Å². The van der Waals surface area contributed by atoms with Gasteiger partial charge in [-0.2, -0.15) is 26.3 Å². The third-order valence-corrected chi connectivity index (χ3v) is 7.87. The van der Waals surface area contributed by atoms with Gasteiger partial charge in [0.15, 0.2) is 0 Å². The lowest BCUT2D eigenvalue weighted by Gasteiger charge is -2.34. The summed E-state index contributed by atoms with van der Waals surface area (Å²) in [7, 11) is 0. The van der Waals surface area contributed by atoms with Crippen molar-refractivity contribution in [2.75, 3.05) is 19.7 Å². The van der Waals surface area contributed by atoms with Crippen molar-refractivity contribution in [1.82, 2.24) is 4.90 Å². The number of carbonyl (C=O) groups is 1. The van der Waals surface area contributed by atoms with E-state index in [-0.39, 0.29) is 24.4 Å². The van der Waals surface area contributed by atoms with E-state index in [1.54, 1.807) is 6.92 Å². The highest BCUT2D eigenvalue weighted by molar-refractivity contribution is 5.79. The Labute approximate surface area is 248 Å². The summed E-state index contributed by atoms with van der Waals surface area (Å²) in [6, 6.07) is 16.1. The summed E-state index contributed by atoms with van der Waals surface area (Å²) < 4.78 is 84.2. The second-order valence-corrected chi connectivity index (χ2v) is 11.7.